The molecular weight excluding hydrogens is 352 g/mol. The van der Waals surface area contributed by atoms with E-state index in [1.54, 1.807) is 24.3 Å². The maximum absolute atomic E-state index is 6.30. The lowest BCUT2D eigenvalue weighted by molar-refractivity contribution is 0.433. The molecule has 112 valence electrons. The summed E-state index contributed by atoms with van der Waals surface area (Å²) in [6.45, 7) is 0. The predicted molar refractivity (Wildman–Crippen MR) is 92.6 cm³/mol. The first kappa shape index (κ1) is 16.7. The van der Waals surface area contributed by atoms with Crippen molar-refractivity contribution in [1.29, 1.82) is 0 Å². The van der Waals surface area contributed by atoms with Gasteiger partial charge < -0.3 is 4.74 Å². The Hall–Kier alpha value is -0.640. The Morgan fingerprint density at radius 1 is 0.857 bits per heavy atom. The summed E-state index contributed by atoms with van der Waals surface area (Å²) in [6.07, 6.45) is 0. The highest BCUT2D eigenvalue weighted by atomic mass is 35.5. The lowest BCUT2D eigenvalue weighted by Crippen LogP contribution is -2.35. The van der Waals surface area contributed by atoms with Crippen molar-refractivity contribution in [2.45, 2.75) is 0 Å². The van der Waals surface area contributed by atoms with Crippen molar-refractivity contribution in [3.63, 3.8) is 0 Å². The number of hydrogen-bond donors (Lipinski definition) is 0. The van der Waals surface area contributed by atoms with E-state index in [1.165, 1.54) is 0 Å². The van der Waals surface area contributed by atoms with Gasteiger partial charge in [-0.25, -0.2) is 0 Å². The number of halogens is 4. The van der Waals surface area contributed by atoms with Crippen LogP contribution in [0.4, 0.5) is 5.69 Å². The molecule has 0 aliphatic heterocycles. The molecule has 2 rings (SSSR count). The van der Waals surface area contributed by atoms with E-state index in [1.807, 2.05) is 27.2 Å². The quantitative estimate of drug-likeness (QED) is 0.580. The van der Waals surface area contributed by atoms with Crippen molar-refractivity contribution in [2.75, 3.05) is 21.1 Å². The summed E-state index contributed by atoms with van der Waals surface area (Å²) < 4.78 is 6.44. The molecule has 2 aromatic rings. The van der Waals surface area contributed by atoms with Gasteiger partial charge in [-0.1, -0.05) is 46.4 Å². The van der Waals surface area contributed by atoms with Crippen LogP contribution in [0, 0.1) is 0 Å². The average Bonchev–Trinajstić information content (AvgIpc) is 2.36. The highest BCUT2D eigenvalue weighted by molar-refractivity contribution is 6.43. The molecule has 0 aliphatic carbocycles. The molecule has 0 amide bonds. The third-order valence-electron chi connectivity index (χ3n) is 2.86. The third kappa shape index (κ3) is 3.77. The van der Waals surface area contributed by atoms with E-state index in [0.29, 0.717) is 36.1 Å². The van der Waals surface area contributed by atoms with E-state index in [4.69, 9.17) is 51.1 Å². The maximum Gasteiger partial charge on any atom is 0.208 e. The van der Waals surface area contributed by atoms with Crippen LogP contribution in [0.5, 0.6) is 11.5 Å². The van der Waals surface area contributed by atoms with Gasteiger partial charge in [0.1, 0.15) is 10.8 Å². The van der Waals surface area contributed by atoms with E-state index in [0.717, 1.165) is 5.69 Å². The largest absolute Gasteiger partial charge is 0.448 e. The number of nitrogens with zero attached hydrogens (tertiary/aromatic N) is 1. The lowest BCUT2D eigenvalue weighted by Gasteiger charge is -2.26. The zero-order valence-corrected chi connectivity index (χ0v) is 14.8. The van der Waals surface area contributed by atoms with Gasteiger partial charge in [0.15, 0.2) is 5.69 Å². The Kier molecular flexibility index (Phi) is 4.96. The Balaban J connectivity index is 2.55. The summed E-state index contributed by atoms with van der Waals surface area (Å²) >= 11 is 24.4. The van der Waals surface area contributed by atoms with Gasteiger partial charge in [0, 0.05) is 11.1 Å². The van der Waals surface area contributed by atoms with Gasteiger partial charge >= 0.3 is 0 Å². The molecule has 0 radical (unpaired) electrons. The standard InChI is InChI=1S/C15H14Cl4NO/c1-20(2,3)12-6-5-10(17)14(19)15(12)21-13-7-4-9(16)8-11(13)18/h4-8H,1-3H3/q+1. The summed E-state index contributed by atoms with van der Waals surface area (Å²) in [5, 5.41) is 1.73. The first-order valence-electron chi connectivity index (χ1n) is 6.13. The minimum absolute atomic E-state index is 0.355. The van der Waals surface area contributed by atoms with Crippen LogP contribution in [-0.2, 0) is 0 Å². The Morgan fingerprint density at radius 3 is 2.10 bits per heavy atom. The normalized spacial score (nSPS) is 11.6. The Labute approximate surface area is 144 Å². The summed E-state index contributed by atoms with van der Waals surface area (Å²) in [4.78, 5) is 0. The maximum atomic E-state index is 6.30. The van der Waals surface area contributed by atoms with Gasteiger partial charge in [0.05, 0.1) is 31.2 Å². The number of benzene rings is 2. The minimum atomic E-state index is 0.355. The molecule has 0 unspecified atom stereocenters. The molecule has 2 aromatic carbocycles. The van der Waals surface area contributed by atoms with Crippen LogP contribution in [0.1, 0.15) is 0 Å². The average molecular weight is 366 g/mol. The van der Waals surface area contributed by atoms with Crippen molar-refractivity contribution in [2.24, 2.45) is 0 Å². The van der Waals surface area contributed by atoms with Crippen LogP contribution in [0.3, 0.4) is 0 Å². The molecule has 0 heterocycles. The molecule has 0 bridgehead atoms. The zero-order chi connectivity index (χ0) is 15.8. The van der Waals surface area contributed by atoms with Crippen LogP contribution >= 0.6 is 46.4 Å². The predicted octanol–water partition coefficient (Wildman–Crippen LogP) is 6.29. The second-order valence-electron chi connectivity index (χ2n) is 5.40. The van der Waals surface area contributed by atoms with Crippen LogP contribution in [0.2, 0.25) is 20.1 Å². The molecule has 2 nitrogen and oxygen atoms in total. The van der Waals surface area contributed by atoms with E-state index in [9.17, 15) is 0 Å². The van der Waals surface area contributed by atoms with Gasteiger partial charge in [0.25, 0.3) is 0 Å². The molecule has 0 saturated heterocycles. The second kappa shape index (κ2) is 6.23. The fourth-order valence-corrected chi connectivity index (χ4v) is 2.61. The molecule has 0 atom stereocenters. The molecule has 0 fully saturated rings. The number of quaternary nitrogens is 1. The number of rotatable bonds is 3. The summed E-state index contributed by atoms with van der Waals surface area (Å²) in [6, 6.07) is 8.64. The minimum Gasteiger partial charge on any atom is -0.448 e. The van der Waals surface area contributed by atoms with Gasteiger partial charge in [0.2, 0.25) is 5.75 Å². The highest BCUT2D eigenvalue weighted by Crippen LogP contribution is 2.45. The summed E-state index contributed by atoms with van der Waals surface area (Å²) in [5.41, 5.74) is 0.885. The Morgan fingerprint density at radius 2 is 1.52 bits per heavy atom. The van der Waals surface area contributed by atoms with E-state index >= 15 is 0 Å². The zero-order valence-electron chi connectivity index (χ0n) is 11.8. The van der Waals surface area contributed by atoms with E-state index in [-0.39, 0.29) is 0 Å². The van der Waals surface area contributed by atoms with Gasteiger partial charge in [-0.05, 0) is 24.3 Å². The third-order valence-corrected chi connectivity index (χ3v) is 4.18. The van der Waals surface area contributed by atoms with E-state index in [2.05, 4.69) is 0 Å². The van der Waals surface area contributed by atoms with Crippen LogP contribution < -0.4 is 9.22 Å². The topological polar surface area (TPSA) is 9.23 Å². The number of hydrogen-bond acceptors (Lipinski definition) is 1. The van der Waals surface area contributed by atoms with Crippen molar-refractivity contribution in [3.8, 4) is 11.5 Å². The molecule has 0 spiro atoms. The van der Waals surface area contributed by atoms with Crippen molar-refractivity contribution in [1.82, 2.24) is 4.48 Å². The summed E-state index contributed by atoms with van der Waals surface area (Å²) in [7, 11) is 6.03. The second-order valence-corrected chi connectivity index (χ2v) is 7.03. The van der Waals surface area contributed by atoms with Crippen molar-refractivity contribution >= 4 is 52.1 Å². The lowest BCUT2D eigenvalue weighted by atomic mass is 10.2. The fourth-order valence-electron chi connectivity index (χ4n) is 1.82. The molecule has 0 aliphatic rings. The molecule has 0 aromatic heterocycles. The van der Waals surface area contributed by atoms with Crippen molar-refractivity contribution < 1.29 is 4.74 Å². The molecule has 6 heteroatoms. The van der Waals surface area contributed by atoms with E-state index < -0.39 is 0 Å². The number of ether oxygens (including phenoxy) is 1. The van der Waals surface area contributed by atoms with Gasteiger partial charge in [-0.15, -0.1) is 0 Å². The highest BCUT2D eigenvalue weighted by Gasteiger charge is 2.24. The first-order valence-corrected chi connectivity index (χ1v) is 7.64. The molecule has 0 saturated carbocycles. The van der Waals surface area contributed by atoms with Gasteiger partial charge in [-0.3, -0.25) is 4.48 Å². The molecule has 21 heavy (non-hydrogen) atoms. The monoisotopic (exact) mass is 364 g/mol. The molecule has 0 N–H and O–H groups in total. The smallest absolute Gasteiger partial charge is 0.208 e. The summed E-state index contributed by atoms with van der Waals surface area (Å²) in [5.74, 6) is 0.959. The Bertz CT molecular complexity index is 680. The van der Waals surface area contributed by atoms with Crippen LogP contribution in [-0.4, -0.2) is 21.1 Å². The first-order chi connectivity index (χ1) is 9.70. The van der Waals surface area contributed by atoms with Crippen molar-refractivity contribution in [3.05, 3.63) is 50.4 Å². The molecular formula is C15H14Cl4NO+. The van der Waals surface area contributed by atoms with Crippen LogP contribution in [0.25, 0.3) is 0 Å². The fraction of sp³-hybridized carbons (Fsp3) is 0.200. The van der Waals surface area contributed by atoms with Gasteiger partial charge in [-0.2, -0.15) is 0 Å². The SMILES string of the molecule is C[N+](C)(C)c1ccc(Cl)c(Cl)c1Oc1ccc(Cl)cc1Cl. The van der Waals surface area contributed by atoms with Crippen LogP contribution in [0.15, 0.2) is 30.3 Å².